The number of carbonyl (C=O) groups excluding carboxylic acids is 2. The first-order chi connectivity index (χ1) is 12.0. The zero-order chi connectivity index (χ0) is 17.8. The average molecular weight is 365 g/mol. The van der Waals surface area contributed by atoms with E-state index in [1.807, 2.05) is 16.3 Å². The fraction of sp³-hybridized carbons (Fsp3) is 0.667. The number of likely N-dealkylation sites (tertiary alicyclic amines) is 1. The molecule has 0 saturated carbocycles. The summed E-state index contributed by atoms with van der Waals surface area (Å²) in [6, 6.07) is 4.18. The molecule has 0 bridgehead atoms. The maximum atomic E-state index is 12.4. The van der Waals surface area contributed by atoms with Gasteiger partial charge in [-0.25, -0.2) is 0 Å². The Morgan fingerprint density at radius 1 is 1.24 bits per heavy atom. The summed E-state index contributed by atoms with van der Waals surface area (Å²) in [5.41, 5.74) is 0. The van der Waals surface area contributed by atoms with Crippen LogP contribution in [-0.4, -0.2) is 85.4 Å². The fourth-order valence-corrected chi connectivity index (χ4v) is 4.46. The average Bonchev–Trinajstić information content (AvgIpc) is 3.15. The van der Waals surface area contributed by atoms with Crippen LogP contribution in [0.5, 0.6) is 0 Å². The van der Waals surface area contributed by atoms with Crippen molar-refractivity contribution >= 4 is 23.2 Å². The molecule has 3 heterocycles. The van der Waals surface area contributed by atoms with Gasteiger partial charge in [0.2, 0.25) is 5.91 Å². The van der Waals surface area contributed by atoms with E-state index in [-0.39, 0.29) is 18.4 Å². The van der Waals surface area contributed by atoms with Crippen molar-refractivity contribution < 1.29 is 9.59 Å². The number of amides is 2. The van der Waals surface area contributed by atoms with E-state index in [0.717, 1.165) is 45.7 Å². The van der Waals surface area contributed by atoms with Crippen LogP contribution in [0.25, 0.3) is 0 Å². The van der Waals surface area contributed by atoms with Gasteiger partial charge in [-0.2, -0.15) is 0 Å². The number of carbonyl (C=O) groups is 2. The molecule has 1 aromatic rings. The lowest BCUT2D eigenvalue weighted by atomic mass is 9.91. The first kappa shape index (κ1) is 18.4. The summed E-state index contributed by atoms with van der Waals surface area (Å²) in [5.74, 6) is 0.325. The highest BCUT2D eigenvalue weighted by Crippen LogP contribution is 2.23. The number of hydrogen-bond donors (Lipinski definition) is 1. The van der Waals surface area contributed by atoms with Crippen LogP contribution in [0.4, 0.5) is 0 Å². The molecule has 0 aromatic carbocycles. The van der Waals surface area contributed by atoms with Crippen LogP contribution >= 0.6 is 11.3 Å². The van der Waals surface area contributed by atoms with Gasteiger partial charge in [-0.15, -0.1) is 11.3 Å². The molecule has 3 rings (SSSR count). The molecule has 138 valence electrons. The molecule has 2 atom stereocenters. The maximum absolute atomic E-state index is 12.4. The lowest BCUT2D eigenvalue weighted by Gasteiger charge is -2.45. The molecule has 0 radical (unpaired) electrons. The highest BCUT2D eigenvalue weighted by molar-refractivity contribution is 7.12. The third-order valence-corrected chi connectivity index (χ3v) is 6.23. The van der Waals surface area contributed by atoms with Crippen molar-refractivity contribution in [3.63, 3.8) is 0 Å². The van der Waals surface area contributed by atoms with Gasteiger partial charge in [-0.3, -0.25) is 14.5 Å². The molecule has 6 nitrogen and oxygen atoms in total. The molecule has 1 aromatic heterocycles. The third-order valence-electron chi connectivity index (χ3n) is 5.36. The van der Waals surface area contributed by atoms with Gasteiger partial charge < -0.3 is 15.1 Å². The van der Waals surface area contributed by atoms with Crippen molar-refractivity contribution in [1.29, 1.82) is 0 Å². The Kier molecular flexibility index (Phi) is 6.09. The van der Waals surface area contributed by atoms with Crippen LogP contribution < -0.4 is 5.32 Å². The summed E-state index contributed by atoms with van der Waals surface area (Å²) in [5, 5.41) is 4.60. The first-order valence-corrected chi connectivity index (χ1v) is 9.94. The second kappa shape index (κ2) is 8.29. The number of likely N-dealkylation sites (N-methyl/N-ethyl adjacent to an activating group) is 1. The predicted octanol–water partition coefficient (Wildman–Crippen LogP) is 0.962. The van der Waals surface area contributed by atoms with Gasteiger partial charge >= 0.3 is 0 Å². The summed E-state index contributed by atoms with van der Waals surface area (Å²) in [4.78, 5) is 31.9. The quantitative estimate of drug-likeness (QED) is 0.865. The lowest BCUT2D eigenvalue weighted by Crippen LogP contribution is -2.57. The van der Waals surface area contributed by atoms with Crippen LogP contribution in [0.1, 0.15) is 23.0 Å². The predicted molar refractivity (Wildman–Crippen MR) is 99.9 cm³/mol. The Labute approximate surface area is 153 Å². The molecule has 2 amide bonds. The number of nitrogens with zero attached hydrogens (tertiary/aromatic N) is 3. The van der Waals surface area contributed by atoms with Gasteiger partial charge in [0.15, 0.2) is 0 Å². The van der Waals surface area contributed by atoms with E-state index in [9.17, 15) is 9.59 Å². The number of piperidine rings is 1. The standard InChI is InChI=1S/C18H28N4O2S/c1-14-13-22(6-5-15(14)21-9-7-20(2)8-10-21)17(23)12-19-18(24)16-4-3-11-25-16/h3-4,11,14-15H,5-10,12-13H2,1-2H3,(H,19,24). The summed E-state index contributed by atoms with van der Waals surface area (Å²) in [7, 11) is 2.17. The van der Waals surface area contributed by atoms with E-state index >= 15 is 0 Å². The molecule has 2 fully saturated rings. The number of nitrogens with one attached hydrogen (secondary N) is 1. The van der Waals surface area contributed by atoms with Crippen LogP contribution in [0.15, 0.2) is 17.5 Å². The highest BCUT2D eigenvalue weighted by Gasteiger charge is 2.33. The third kappa shape index (κ3) is 4.59. The maximum Gasteiger partial charge on any atom is 0.261 e. The van der Waals surface area contributed by atoms with Crippen molar-refractivity contribution in [3.8, 4) is 0 Å². The van der Waals surface area contributed by atoms with Crippen LogP contribution in [0.2, 0.25) is 0 Å². The summed E-state index contributed by atoms with van der Waals surface area (Å²) >= 11 is 1.39. The normalized spacial score (nSPS) is 25.8. The lowest BCUT2D eigenvalue weighted by molar-refractivity contribution is -0.133. The van der Waals surface area contributed by atoms with E-state index in [0.29, 0.717) is 16.8 Å². The van der Waals surface area contributed by atoms with E-state index in [4.69, 9.17) is 0 Å². The van der Waals surface area contributed by atoms with Gasteiger partial charge in [-0.05, 0) is 30.8 Å². The van der Waals surface area contributed by atoms with Crippen molar-refractivity contribution in [2.45, 2.75) is 19.4 Å². The second-order valence-electron chi connectivity index (χ2n) is 7.17. The van der Waals surface area contributed by atoms with Gasteiger partial charge in [0.25, 0.3) is 5.91 Å². The smallest absolute Gasteiger partial charge is 0.261 e. The zero-order valence-corrected chi connectivity index (χ0v) is 15.9. The van der Waals surface area contributed by atoms with Crippen molar-refractivity contribution in [1.82, 2.24) is 20.0 Å². The summed E-state index contributed by atoms with van der Waals surface area (Å²) < 4.78 is 0. The first-order valence-electron chi connectivity index (χ1n) is 9.06. The molecule has 1 N–H and O–H groups in total. The second-order valence-corrected chi connectivity index (χ2v) is 8.12. The number of hydrogen-bond acceptors (Lipinski definition) is 5. The molecule has 0 aliphatic carbocycles. The highest BCUT2D eigenvalue weighted by atomic mass is 32.1. The Balaban J connectivity index is 1.45. The Bertz CT molecular complexity index is 584. The number of rotatable bonds is 4. The summed E-state index contributed by atoms with van der Waals surface area (Å²) in [6.45, 7) is 8.39. The molecule has 2 aliphatic heterocycles. The Morgan fingerprint density at radius 3 is 2.64 bits per heavy atom. The van der Waals surface area contributed by atoms with Gasteiger partial charge in [0, 0.05) is 45.3 Å². The minimum absolute atomic E-state index is 0.0218. The Morgan fingerprint density at radius 2 is 2.00 bits per heavy atom. The molecular formula is C18H28N4O2S. The molecule has 25 heavy (non-hydrogen) atoms. The Hall–Kier alpha value is -1.44. The van der Waals surface area contributed by atoms with Crippen molar-refractivity contribution in [2.75, 3.05) is 52.9 Å². The van der Waals surface area contributed by atoms with Crippen molar-refractivity contribution in [3.05, 3.63) is 22.4 Å². The SMILES string of the molecule is CC1CN(C(=O)CNC(=O)c2cccs2)CCC1N1CCN(C)CC1. The molecule has 7 heteroatoms. The minimum Gasteiger partial charge on any atom is -0.342 e. The summed E-state index contributed by atoms with van der Waals surface area (Å²) in [6.07, 6.45) is 1.02. The van der Waals surface area contributed by atoms with Gasteiger partial charge in [0.05, 0.1) is 11.4 Å². The fourth-order valence-electron chi connectivity index (χ4n) is 3.82. The molecule has 2 unspecified atom stereocenters. The van der Waals surface area contributed by atoms with Crippen molar-refractivity contribution in [2.24, 2.45) is 5.92 Å². The number of piperazine rings is 1. The van der Waals surface area contributed by atoms with E-state index in [1.54, 1.807) is 6.07 Å². The molecule has 0 spiro atoms. The largest absolute Gasteiger partial charge is 0.342 e. The van der Waals surface area contributed by atoms with Gasteiger partial charge in [0.1, 0.15) is 0 Å². The molecular weight excluding hydrogens is 336 g/mol. The monoisotopic (exact) mass is 364 g/mol. The number of thiophene rings is 1. The molecule has 2 aliphatic rings. The van der Waals surface area contributed by atoms with E-state index in [1.165, 1.54) is 11.3 Å². The van der Waals surface area contributed by atoms with E-state index in [2.05, 4.69) is 29.1 Å². The van der Waals surface area contributed by atoms with Crippen LogP contribution in [0, 0.1) is 5.92 Å². The topological polar surface area (TPSA) is 55.9 Å². The van der Waals surface area contributed by atoms with E-state index < -0.39 is 0 Å². The zero-order valence-electron chi connectivity index (χ0n) is 15.1. The van der Waals surface area contributed by atoms with Crippen LogP contribution in [0.3, 0.4) is 0 Å². The van der Waals surface area contributed by atoms with Gasteiger partial charge in [-0.1, -0.05) is 13.0 Å². The minimum atomic E-state index is -0.163. The molecule has 2 saturated heterocycles. The van der Waals surface area contributed by atoms with Crippen LogP contribution in [-0.2, 0) is 4.79 Å².